The molecule has 2 N–H and O–H groups in total. The van der Waals surface area contributed by atoms with Gasteiger partial charge in [0.2, 0.25) is 0 Å². The van der Waals surface area contributed by atoms with Crippen LogP contribution in [0.4, 0.5) is 0 Å². The van der Waals surface area contributed by atoms with Crippen LogP contribution in [0.25, 0.3) is 0 Å². The van der Waals surface area contributed by atoms with Crippen molar-refractivity contribution in [2.45, 2.75) is 50.7 Å². The predicted molar refractivity (Wildman–Crippen MR) is 86.4 cm³/mol. The standard InChI is InChI=1S/C18H27NO3/c1-21-12-15(20)7-8-19-17-6-3-9-22-18-11-14-5-2-4-13(14)10-16(17)18/h10-11,15,17,19-20H,2-9,12H2,1H3. The lowest BCUT2D eigenvalue weighted by atomic mass is 9.97. The molecule has 0 amide bonds. The molecule has 22 heavy (non-hydrogen) atoms. The lowest BCUT2D eigenvalue weighted by Gasteiger charge is -2.20. The number of nitrogens with one attached hydrogen (secondary N) is 1. The zero-order valence-electron chi connectivity index (χ0n) is 13.4. The van der Waals surface area contributed by atoms with Crippen LogP contribution in [0.1, 0.15) is 48.4 Å². The predicted octanol–water partition coefficient (Wildman–Crippen LogP) is 2.38. The lowest BCUT2D eigenvalue weighted by molar-refractivity contribution is 0.0589. The molecule has 0 fully saturated rings. The lowest BCUT2D eigenvalue weighted by Crippen LogP contribution is -2.27. The molecule has 0 aromatic heterocycles. The number of rotatable bonds is 6. The van der Waals surface area contributed by atoms with E-state index < -0.39 is 0 Å². The molecule has 1 aromatic carbocycles. The second-order valence-electron chi connectivity index (χ2n) is 6.41. The van der Waals surface area contributed by atoms with Gasteiger partial charge in [0.1, 0.15) is 5.75 Å². The highest BCUT2D eigenvalue weighted by Crippen LogP contribution is 2.36. The minimum Gasteiger partial charge on any atom is -0.493 e. The van der Waals surface area contributed by atoms with Crippen LogP contribution in [0.15, 0.2) is 12.1 Å². The summed E-state index contributed by atoms with van der Waals surface area (Å²) in [4.78, 5) is 0. The van der Waals surface area contributed by atoms with E-state index in [0.717, 1.165) is 31.7 Å². The quantitative estimate of drug-likeness (QED) is 0.847. The molecule has 1 aromatic rings. The maximum atomic E-state index is 9.77. The van der Waals surface area contributed by atoms with E-state index >= 15 is 0 Å². The van der Waals surface area contributed by atoms with Crippen molar-refractivity contribution < 1.29 is 14.6 Å². The summed E-state index contributed by atoms with van der Waals surface area (Å²) in [5, 5.41) is 13.4. The number of ether oxygens (including phenoxy) is 2. The van der Waals surface area contributed by atoms with Gasteiger partial charge in [-0.2, -0.15) is 0 Å². The molecule has 0 bridgehead atoms. The first-order chi connectivity index (χ1) is 10.8. The van der Waals surface area contributed by atoms with Gasteiger partial charge in [-0.1, -0.05) is 6.07 Å². The third-order valence-corrected chi connectivity index (χ3v) is 4.72. The normalized spacial score (nSPS) is 21.6. The van der Waals surface area contributed by atoms with E-state index in [1.54, 1.807) is 7.11 Å². The maximum Gasteiger partial charge on any atom is 0.124 e. The number of aliphatic hydroxyl groups is 1. The molecule has 0 saturated heterocycles. The summed E-state index contributed by atoms with van der Waals surface area (Å²) in [6.45, 7) is 2.00. The van der Waals surface area contributed by atoms with Gasteiger partial charge < -0.3 is 19.9 Å². The zero-order chi connectivity index (χ0) is 15.4. The van der Waals surface area contributed by atoms with E-state index in [4.69, 9.17) is 9.47 Å². The van der Waals surface area contributed by atoms with Crippen molar-refractivity contribution in [3.05, 3.63) is 28.8 Å². The molecule has 4 nitrogen and oxygen atoms in total. The Hall–Kier alpha value is -1.10. The fourth-order valence-electron chi connectivity index (χ4n) is 3.55. The maximum absolute atomic E-state index is 9.77. The van der Waals surface area contributed by atoms with Crippen LogP contribution in [-0.2, 0) is 17.6 Å². The molecule has 0 spiro atoms. The van der Waals surface area contributed by atoms with Crippen molar-refractivity contribution in [1.29, 1.82) is 0 Å². The molecule has 0 radical (unpaired) electrons. The molecule has 1 heterocycles. The molecule has 122 valence electrons. The second-order valence-corrected chi connectivity index (χ2v) is 6.41. The van der Waals surface area contributed by atoms with Crippen molar-refractivity contribution in [3.63, 3.8) is 0 Å². The van der Waals surface area contributed by atoms with Gasteiger partial charge in [-0.05, 0) is 62.3 Å². The number of aryl methyl sites for hydroxylation is 2. The van der Waals surface area contributed by atoms with Crippen LogP contribution in [-0.4, -0.2) is 38.1 Å². The minimum atomic E-state index is -0.390. The summed E-state index contributed by atoms with van der Waals surface area (Å²) < 4.78 is 10.9. The number of hydrogen-bond acceptors (Lipinski definition) is 4. The molecule has 4 heteroatoms. The zero-order valence-corrected chi connectivity index (χ0v) is 13.4. The monoisotopic (exact) mass is 305 g/mol. The van der Waals surface area contributed by atoms with Gasteiger partial charge in [0.15, 0.2) is 0 Å². The molecule has 2 unspecified atom stereocenters. The van der Waals surface area contributed by atoms with Crippen LogP contribution in [0.5, 0.6) is 5.75 Å². The fourth-order valence-corrected chi connectivity index (χ4v) is 3.55. The molecule has 3 rings (SSSR count). The van der Waals surface area contributed by atoms with Crippen molar-refractivity contribution in [3.8, 4) is 5.75 Å². The summed E-state index contributed by atoms with van der Waals surface area (Å²) in [7, 11) is 1.62. The Balaban J connectivity index is 1.68. The first-order valence-corrected chi connectivity index (χ1v) is 8.47. The second kappa shape index (κ2) is 7.44. The average molecular weight is 305 g/mol. The molecule has 0 saturated carbocycles. The highest BCUT2D eigenvalue weighted by Gasteiger charge is 2.23. The smallest absolute Gasteiger partial charge is 0.124 e. The Kier molecular flexibility index (Phi) is 5.34. The van der Waals surface area contributed by atoms with Gasteiger partial charge in [-0.3, -0.25) is 0 Å². The Bertz CT molecular complexity index is 503. The third-order valence-electron chi connectivity index (χ3n) is 4.72. The van der Waals surface area contributed by atoms with Crippen LogP contribution in [0.3, 0.4) is 0 Å². The number of hydrogen-bond donors (Lipinski definition) is 2. The van der Waals surface area contributed by atoms with E-state index in [-0.39, 0.29) is 6.10 Å². The molecule has 2 aliphatic rings. The first kappa shape index (κ1) is 15.8. The van der Waals surface area contributed by atoms with E-state index in [0.29, 0.717) is 19.1 Å². The van der Waals surface area contributed by atoms with E-state index in [1.807, 2.05) is 0 Å². The van der Waals surface area contributed by atoms with Crippen molar-refractivity contribution in [1.82, 2.24) is 5.32 Å². The van der Waals surface area contributed by atoms with Gasteiger partial charge in [-0.25, -0.2) is 0 Å². The molecule has 1 aliphatic heterocycles. The van der Waals surface area contributed by atoms with Crippen molar-refractivity contribution in [2.75, 3.05) is 26.9 Å². The van der Waals surface area contributed by atoms with E-state index in [2.05, 4.69) is 17.4 Å². The number of methoxy groups -OCH3 is 1. The van der Waals surface area contributed by atoms with E-state index in [9.17, 15) is 5.11 Å². The summed E-state index contributed by atoms with van der Waals surface area (Å²) in [5.74, 6) is 1.06. The Morgan fingerprint density at radius 1 is 1.32 bits per heavy atom. The highest BCUT2D eigenvalue weighted by atomic mass is 16.5. The van der Waals surface area contributed by atoms with Crippen LogP contribution < -0.4 is 10.1 Å². The van der Waals surface area contributed by atoms with Crippen molar-refractivity contribution >= 4 is 0 Å². The summed E-state index contributed by atoms with van der Waals surface area (Å²) in [6.07, 6.45) is 6.13. The molecular formula is C18H27NO3. The number of benzene rings is 1. The van der Waals surface area contributed by atoms with Crippen LogP contribution >= 0.6 is 0 Å². The van der Waals surface area contributed by atoms with Gasteiger partial charge in [0, 0.05) is 18.7 Å². The minimum absolute atomic E-state index is 0.332. The Labute approximate surface area is 132 Å². The number of fused-ring (bicyclic) bond motifs is 2. The van der Waals surface area contributed by atoms with Crippen LogP contribution in [0, 0.1) is 0 Å². The van der Waals surface area contributed by atoms with Crippen molar-refractivity contribution in [2.24, 2.45) is 0 Å². The summed E-state index contributed by atoms with van der Waals surface area (Å²) in [5.41, 5.74) is 4.27. The van der Waals surface area contributed by atoms with Gasteiger partial charge in [0.25, 0.3) is 0 Å². The third kappa shape index (κ3) is 3.62. The van der Waals surface area contributed by atoms with Crippen LogP contribution in [0.2, 0.25) is 0 Å². The topological polar surface area (TPSA) is 50.7 Å². The van der Waals surface area contributed by atoms with Gasteiger partial charge in [-0.15, -0.1) is 0 Å². The van der Waals surface area contributed by atoms with Gasteiger partial charge >= 0.3 is 0 Å². The van der Waals surface area contributed by atoms with E-state index in [1.165, 1.54) is 36.0 Å². The Morgan fingerprint density at radius 3 is 2.95 bits per heavy atom. The molecule has 2 atom stereocenters. The molecule has 1 aliphatic carbocycles. The SMILES string of the molecule is COCC(O)CCNC1CCCOc2cc3c(cc21)CCC3. The van der Waals surface area contributed by atoms with Gasteiger partial charge in [0.05, 0.1) is 19.3 Å². The number of aliphatic hydroxyl groups excluding tert-OH is 1. The average Bonchev–Trinajstić information content (AvgIpc) is 2.87. The summed E-state index contributed by atoms with van der Waals surface area (Å²) >= 11 is 0. The first-order valence-electron chi connectivity index (χ1n) is 8.47. The Morgan fingerprint density at radius 2 is 2.14 bits per heavy atom. The highest BCUT2D eigenvalue weighted by molar-refractivity contribution is 5.46. The largest absolute Gasteiger partial charge is 0.493 e. The summed E-state index contributed by atoms with van der Waals surface area (Å²) in [6, 6.07) is 4.95. The molecular weight excluding hydrogens is 278 g/mol. The fraction of sp³-hybridized carbons (Fsp3) is 0.667.